The van der Waals surface area contributed by atoms with Gasteiger partial charge in [-0.25, -0.2) is 0 Å². The number of carbonyl (C=O) groups is 1. The average Bonchev–Trinajstić information content (AvgIpc) is 3.22. The normalized spacial score (nSPS) is 21.4. The van der Waals surface area contributed by atoms with Crippen LogP contribution in [0.4, 0.5) is 0 Å². The molecule has 2 N–H and O–H groups in total. The van der Waals surface area contributed by atoms with Crippen LogP contribution in [-0.2, 0) is 24.3 Å². The summed E-state index contributed by atoms with van der Waals surface area (Å²) in [6.07, 6.45) is 6.12. The Morgan fingerprint density at radius 3 is 2.91 bits per heavy atom. The second-order valence-electron chi connectivity index (χ2n) is 5.92. The molecule has 0 bridgehead atoms. The summed E-state index contributed by atoms with van der Waals surface area (Å²) < 4.78 is 7.62. The molecular weight excluding hydrogens is 292 g/mol. The van der Waals surface area contributed by atoms with E-state index in [0.29, 0.717) is 13.0 Å². The monoisotopic (exact) mass is 316 g/mol. The highest BCUT2D eigenvalue weighted by molar-refractivity contribution is 5.77. The zero-order valence-corrected chi connectivity index (χ0v) is 13.7. The third kappa shape index (κ3) is 3.64. The number of aryl methyl sites for hydroxylation is 2. The Hall–Kier alpha value is -2.08. The molecule has 0 saturated carbocycles. The number of hydrogen-bond acceptors (Lipinski definition) is 4. The molecule has 1 fully saturated rings. The summed E-state index contributed by atoms with van der Waals surface area (Å²) in [4.78, 5) is 11.8. The van der Waals surface area contributed by atoms with E-state index in [1.165, 1.54) is 0 Å². The van der Waals surface area contributed by atoms with Crippen molar-refractivity contribution >= 4 is 5.91 Å². The minimum atomic E-state index is -0.0443. The van der Waals surface area contributed by atoms with Crippen LogP contribution in [0.15, 0.2) is 28.9 Å². The van der Waals surface area contributed by atoms with Gasteiger partial charge in [0.05, 0.1) is 18.8 Å². The van der Waals surface area contributed by atoms with Crippen molar-refractivity contribution < 1.29 is 9.21 Å². The van der Waals surface area contributed by atoms with Gasteiger partial charge in [0.2, 0.25) is 5.91 Å². The molecule has 124 valence electrons. The first-order valence-electron chi connectivity index (χ1n) is 8.32. The van der Waals surface area contributed by atoms with Gasteiger partial charge >= 0.3 is 0 Å². The van der Waals surface area contributed by atoms with Crippen LogP contribution >= 0.6 is 0 Å². The Morgan fingerprint density at radius 1 is 1.39 bits per heavy atom. The van der Waals surface area contributed by atoms with Crippen LogP contribution in [0.1, 0.15) is 49.8 Å². The van der Waals surface area contributed by atoms with E-state index in [9.17, 15) is 4.79 Å². The fourth-order valence-electron chi connectivity index (χ4n) is 2.99. The number of nitrogens with one attached hydrogen (secondary N) is 2. The largest absolute Gasteiger partial charge is 0.465 e. The Labute approximate surface area is 136 Å². The van der Waals surface area contributed by atoms with Crippen molar-refractivity contribution in [2.75, 3.05) is 0 Å². The smallest absolute Gasteiger partial charge is 0.220 e. The number of amides is 1. The van der Waals surface area contributed by atoms with Crippen LogP contribution in [0.25, 0.3) is 0 Å². The van der Waals surface area contributed by atoms with Gasteiger partial charge in [-0.1, -0.05) is 6.92 Å². The maximum Gasteiger partial charge on any atom is 0.220 e. The summed E-state index contributed by atoms with van der Waals surface area (Å²) in [5, 5.41) is 10.9. The highest BCUT2D eigenvalue weighted by atomic mass is 16.3. The fraction of sp³-hybridized carbons (Fsp3) is 0.529. The van der Waals surface area contributed by atoms with Crippen molar-refractivity contribution in [3.63, 3.8) is 0 Å². The van der Waals surface area contributed by atoms with Crippen LogP contribution < -0.4 is 10.6 Å². The van der Waals surface area contributed by atoms with E-state index < -0.39 is 0 Å². The summed E-state index contributed by atoms with van der Waals surface area (Å²) in [5.74, 6) is 2.03. The number of furan rings is 1. The molecule has 1 aliphatic rings. The Kier molecular flexibility index (Phi) is 4.81. The first-order chi connectivity index (χ1) is 11.2. The molecule has 6 nitrogen and oxygen atoms in total. The van der Waals surface area contributed by atoms with Crippen LogP contribution in [0, 0.1) is 0 Å². The van der Waals surface area contributed by atoms with Gasteiger partial charge in [0, 0.05) is 37.2 Å². The number of rotatable bonds is 6. The third-order valence-electron chi connectivity index (χ3n) is 4.34. The molecular formula is C17H24N4O2. The quantitative estimate of drug-likeness (QED) is 0.857. The summed E-state index contributed by atoms with van der Waals surface area (Å²) in [5.41, 5.74) is 1.05. The Morgan fingerprint density at radius 2 is 2.22 bits per heavy atom. The zero-order chi connectivity index (χ0) is 16.2. The molecule has 0 spiro atoms. The predicted octanol–water partition coefficient (Wildman–Crippen LogP) is 2.17. The number of nitrogens with zero attached hydrogens (tertiary/aromatic N) is 2. The SMILES string of the molecule is CCc1ccc(CN[C@@H]2CCC(=O)N[C@H]2c2cnn(CC)c2)o1. The van der Waals surface area contributed by atoms with E-state index >= 15 is 0 Å². The van der Waals surface area contributed by atoms with Crippen LogP contribution in [0.3, 0.4) is 0 Å². The molecule has 2 atom stereocenters. The fourth-order valence-corrected chi connectivity index (χ4v) is 2.99. The van der Waals surface area contributed by atoms with Gasteiger partial charge in [-0.3, -0.25) is 9.48 Å². The van der Waals surface area contributed by atoms with Crippen LogP contribution in [0.2, 0.25) is 0 Å². The first kappa shape index (κ1) is 15.8. The minimum Gasteiger partial charge on any atom is -0.465 e. The standard InChI is InChI=1S/C17H24N4O2/c1-3-13-5-6-14(23-13)10-18-15-7-8-16(22)20-17(15)12-9-19-21(4-2)11-12/h5-6,9,11,15,17-18H,3-4,7-8,10H2,1-2H3,(H,20,22)/t15-,17+/m1/s1. The van der Waals surface area contributed by atoms with Gasteiger partial charge in [-0.15, -0.1) is 0 Å². The number of aromatic nitrogens is 2. The third-order valence-corrected chi connectivity index (χ3v) is 4.34. The second-order valence-corrected chi connectivity index (χ2v) is 5.92. The molecule has 2 aromatic rings. The number of carbonyl (C=O) groups excluding carboxylic acids is 1. The second kappa shape index (κ2) is 7.00. The number of hydrogen-bond donors (Lipinski definition) is 2. The maximum absolute atomic E-state index is 11.8. The molecule has 6 heteroatoms. The van der Waals surface area contributed by atoms with Gasteiger partial charge in [0.25, 0.3) is 0 Å². The van der Waals surface area contributed by atoms with Crippen molar-refractivity contribution in [1.82, 2.24) is 20.4 Å². The molecule has 0 aromatic carbocycles. The van der Waals surface area contributed by atoms with E-state index in [1.807, 2.05) is 36.1 Å². The lowest BCUT2D eigenvalue weighted by atomic mass is 9.93. The van der Waals surface area contributed by atoms with Crippen molar-refractivity contribution in [3.8, 4) is 0 Å². The molecule has 1 saturated heterocycles. The van der Waals surface area contributed by atoms with E-state index in [0.717, 1.165) is 36.5 Å². The highest BCUT2D eigenvalue weighted by Gasteiger charge is 2.30. The van der Waals surface area contributed by atoms with Crippen molar-refractivity contribution in [2.45, 2.75) is 58.3 Å². The molecule has 2 aromatic heterocycles. The van der Waals surface area contributed by atoms with E-state index in [-0.39, 0.29) is 18.0 Å². The summed E-state index contributed by atoms with van der Waals surface area (Å²) >= 11 is 0. The maximum atomic E-state index is 11.8. The van der Waals surface area contributed by atoms with E-state index in [4.69, 9.17) is 4.42 Å². The lowest BCUT2D eigenvalue weighted by molar-refractivity contribution is -0.123. The Balaban J connectivity index is 1.68. The number of piperidine rings is 1. The van der Waals surface area contributed by atoms with E-state index in [1.54, 1.807) is 0 Å². The van der Waals surface area contributed by atoms with Crippen molar-refractivity contribution in [3.05, 3.63) is 41.6 Å². The van der Waals surface area contributed by atoms with Gasteiger partial charge < -0.3 is 15.1 Å². The average molecular weight is 316 g/mol. The summed E-state index contributed by atoms with van der Waals surface area (Å²) in [6, 6.07) is 4.16. The lowest BCUT2D eigenvalue weighted by Crippen LogP contribution is -2.48. The zero-order valence-electron chi connectivity index (χ0n) is 13.7. The van der Waals surface area contributed by atoms with Gasteiger partial charge in [0.15, 0.2) is 0 Å². The summed E-state index contributed by atoms with van der Waals surface area (Å²) in [6.45, 7) is 5.62. The topological polar surface area (TPSA) is 72.1 Å². The molecule has 3 heterocycles. The lowest BCUT2D eigenvalue weighted by Gasteiger charge is -2.32. The Bertz CT molecular complexity index is 661. The molecule has 1 amide bonds. The first-order valence-corrected chi connectivity index (χ1v) is 8.32. The van der Waals surface area contributed by atoms with Crippen LogP contribution in [0.5, 0.6) is 0 Å². The molecule has 0 radical (unpaired) electrons. The van der Waals surface area contributed by atoms with Crippen molar-refractivity contribution in [2.24, 2.45) is 0 Å². The predicted molar refractivity (Wildman–Crippen MR) is 86.7 cm³/mol. The van der Waals surface area contributed by atoms with E-state index in [2.05, 4.69) is 22.7 Å². The highest BCUT2D eigenvalue weighted by Crippen LogP contribution is 2.24. The molecule has 3 rings (SSSR count). The summed E-state index contributed by atoms with van der Waals surface area (Å²) in [7, 11) is 0. The van der Waals surface area contributed by atoms with Gasteiger partial charge in [-0.05, 0) is 25.5 Å². The van der Waals surface area contributed by atoms with Gasteiger partial charge in [0.1, 0.15) is 11.5 Å². The minimum absolute atomic E-state index is 0.0443. The van der Waals surface area contributed by atoms with Crippen molar-refractivity contribution in [1.29, 1.82) is 0 Å². The molecule has 0 aliphatic carbocycles. The molecule has 1 aliphatic heterocycles. The molecule has 23 heavy (non-hydrogen) atoms. The molecule has 0 unspecified atom stereocenters. The van der Waals surface area contributed by atoms with Gasteiger partial charge in [-0.2, -0.15) is 5.10 Å². The van der Waals surface area contributed by atoms with Crippen LogP contribution in [-0.4, -0.2) is 21.7 Å².